The molecule has 1 aromatic heterocycles. The average molecular weight is 495 g/mol. The standard InChI is InChI=1S/C25H23ClN4O3S/c1-18-6-8-19(9-7-18)24-27-25(33-28-24)22-4-2-3-5-23(22)34(31,32)30-16-14-29(15-17-30)21-12-10-20(26)11-13-21/h2-13H,14-17H2,1H3. The molecule has 0 spiro atoms. The molecule has 0 bridgehead atoms. The third kappa shape index (κ3) is 4.44. The molecule has 174 valence electrons. The van der Waals surface area contributed by atoms with Gasteiger partial charge < -0.3 is 9.42 Å². The van der Waals surface area contributed by atoms with Crippen molar-refractivity contribution in [2.45, 2.75) is 11.8 Å². The van der Waals surface area contributed by atoms with E-state index in [9.17, 15) is 8.42 Å². The number of sulfonamides is 1. The van der Waals surface area contributed by atoms with E-state index < -0.39 is 10.0 Å². The van der Waals surface area contributed by atoms with Crippen LogP contribution in [0.5, 0.6) is 0 Å². The predicted molar refractivity (Wildman–Crippen MR) is 132 cm³/mol. The van der Waals surface area contributed by atoms with Crippen molar-refractivity contribution in [3.8, 4) is 22.8 Å². The molecule has 9 heteroatoms. The number of nitrogens with zero attached hydrogens (tertiary/aromatic N) is 4. The quantitative estimate of drug-likeness (QED) is 0.393. The van der Waals surface area contributed by atoms with Gasteiger partial charge in [-0.2, -0.15) is 9.29 Å². The van der Waals surface area contributed by atoms with Gasteiger partial charge in [0.2, 0.25) is 15.8 Å². The average Bonchev–Trinajstić information content (AvgIpc) is 3.35. The Kier molecular flexibility index (Phi) is 6.12. The number of hydrogen-bond donors (Lipinski definition) is 0. The Balaban J connectivity index is 1.39. The van der Waals surface area contributed by atoms with Gasteiger partial charge in [-0.05, 0) is 43.3 Å². The van der Waals surface area contributed by atoms with Crippen LogP contribution in [0.4, 0.5) is 5.69 Å². The number of aryl methyl sites for hydroxylation is 1. The molecule has 34 heavy (non-hydrogen) atoms. The van der Waals surface area contributed by atoms with Crippen LogP contribution in [0.1, 0.15) is 5.56 Å². The topological polar surface area (TPSA) is 79.5 Å². The summed E-state index contributed by atoms with van der Waals surface area (Å²) in [5.41, 5.74) is 3.35. The summed E-state index contributed by atoms with van der Waals surface area (Å²) in [4.78, 5) is 6.79. The molecule has 1 aliphatic heterocycles. The molecule has 0 aliphatic carbocycles. The van der Waals surface area contributed by atoms with Gasteiger partial charge in [0.1, 0.15) is 0 Å². The van der Waals surface area contributed by atoms with Crippen molar-refractivity contribution in [3.05, 3.63) is 83.4 Å². The highest BCUT2D eigenvalue weighted by Crippen LogP contribution is 2.31. The maximum Gasteiger partial charge on any atom is 0.259 e. The molecule has 0 radical (unpaired) electrons. The van der Waals surface area contributed by atoms with E-state index in [2.05, 4.69) is 15.0 Å². The minimum atomic E-state index is -3.76. The van der Waals surface area contributed by atoms with Crippen LogP contribution in [-0.2, 0) is 10.0 Å². The van der Waals surface area contributed by atoms with Gasteiger partial charge in [0.25, 0.3) is 5.89 Å². The predicted octanol–water partition coefficient (Wildman–Crippen LogP) is 4.88. The van der Waals surface area contributed by atoms with Crippen LogP contribution in [0, 0.1) is 6.92 Å². The second-order valence-electron chi connectivity index (χ2n) is 8.15. The molecule has 0 atom stereocenters. The zero-order valence-electron chi connectivity index (χ0n) is 18.6. The van der Waals surface area contributed by atoms with Crippen molar-refractivity contribution >= 4 is 27.3 Å². The van der Waals surface area contributed by atoms with Gasteiger partial charge in [-0.15, -0.1) is 0 Å². The molecule has 0 unspecified atom stereocenters. The summed E-state index contributed by atoms with van der Waals surface area (Å²) < 4.78 is 34.2. The van der Waals surface area contributed by atoms with Gasteiger partial charge in [0.15, 0.2) is 0 Å². The van der Waals surface area contributed by atoms with Gasteiger partial charge in [-0.3, -0.25) is 0 Å². The van der Waals surface area contributed by atoms with E-state index in [1.54, 1.807) is 24.3 Å². The van der Waals surface area contributed by atoms with E-state index in [0.29, 0.717) is 42.6 Å². The smallest absolute Gasteiger partial charge is 0.259 e. The third-order valence-electron chi connectivity index (χ3n) is 5.90. The van der Waals surface area contributed by atoms with E-state index in [-0.39, 0.29) is 10.8 Å². The second kappa shape index (κ2) is 9.21. The fraction of sp³-hybridized carbons (Fsp3) is 0.200. The molecule has 0 N–H and O–H groups in total. The lowest BCUT2D eigenvalue weighted by molar-refractivity contribution is 0.384. The number of aromatic nitrogens is 2. The fourth-order valence-electron chi connectivity index (χ4n) is 4.00. The van der Waals surface area contributed by atoms with Crippen LogP contribution in [0.3, 0.4) is 0 Å². The van der Waals surface area contributed by atoms with Crippen molar-refractivity contribution in [2.24, 2.45) is 0 Å². The summed E-state index contributed by atoms with van der Waals surface area (Å²) in [6.45, 7) is 3.92. The number of benzene rings is 3. The third-order valence-corrected chi connectivity index (χ3v) is 8.11. The molecule has 1 aliphatic rings. The molecular formula is C25H23ClN4O3S. The maximum absolute atomic E-state index is 13.6. The van der Waals surface area contributed by atoms with E-state index in [0.717, 1.165) is 16.8 Å². The van der Waals surface area contributed by atoms with Crippen LogP contribution < -0.4 is 4.90 Å². The van der Waals surface area contributed by atoms with Crippen LogP contribution >= 0.6 is 11.6 Å². The van der Waals surface area contributed by atoms with Gasteiger partial charge in [-0.1, -0.05) is 58.7 Å². The van der Waals surface area contributed by atoms with E-state index in [4.69, 9.17) is 16.1 Å². The largest absolute Gasteiger partial charge is 0.369 e. The summed E-state index contributed by atoms with van der Waals surface area (Å²) in [7, 11) is -3.76. The molecule has 1 fully saturated rings. The van der Waals surface area contributed by atoms with Crippen LogP contribution in [0.25, 0.3) is 22.8 Å². The minimum Gasteiger partial charge on any atom is -0.369 e. The maximum atomic E-state index is 13.6. The first-order chi connectivity index (χ1) is 16.4. The van der Waals surface area contributed by atoms with E-state index in [1.807, 2.05) is 55.5 Å². The molecular weight excluding hydrogens is 472 g/mol. The minimum absolute atomic E-state index is 0.161. The van der Waals surface area contributed by atoms with Crippen LogP contribution in [0.2, 0.25) is 5.02 Å². The summed E-state index contributed by atoms with van der Waals surface area (Å²) in [5.74, 6) is 0.591. The Hall–Kier alpha value is -3.20. The Morgan fingerprint density at radius 2 is 1.56 bits per heavy atom. The van der Waals surface area contributed by atoms with Crippen molar-refractivity contribution in [3.63, 3.8) is 0 Å². The highest BCUT2D eigenvalue weighted by atomic mass is 35.5. The van der Waals surface area contributed by atoms with Crippen LogP contribution in [0.15, 0.2) is 82.2 Å². The fourth-order valence-corrected chi connectivity index (χ4v) is 5.73. The lowest BCUT2D eigenvalue weighted by atomic mass is 10.1. The van der Waals surface area contributed by atoms with Gasteiger partial charge in [0.05, 0.1) is 10.5 Å². The lowest BCUT2D eigenvalue weighted by Crippen LogP contribution is -2.48. The van der Waals surface area contributed by atoms with Crippen molar-refractivity contribution in [2.75, 3.05) is 31.1 Å². The summed E-state index contributed by atoms with van der Waals surface area (Å²) >= 11 is 5.99. The summed E-state index contributed by atoms with van der Waals surface area (Å²) in [6.07, 6.45) is 0. The zero-order chi connectivity index (χ0) is 23.7. The van der Waals surface area contributed by atoms with Crippen molar-refractivity contribution < 1.29 is 12.9 Å². The summed E-state index contributed by atoms with van der Waals surface area (Å²) in [6, 6.07) is 22.1. The van der Waals surface area contributed by atoms with Gasteiger partial charge in [0, 0.05) is 42.5 Å². The molecule has 0 amide bonds. The highest BCUT2D eigenvalue weighted by molar-refractivity contribution is 7.89. The Bertz CT molecular complexity index is 1390. The molecule has 4 aromatic rings. The van der Waals surface area contributed by atoms with E-state index in [1.165, 1.54) is 4.31 Å². The number of halogens is 1. The first-order valence-corrected chi connectivity index (χ1v) is 12.7. The lowest BCUT2D eigenvalue weighted by Gasteiger charge is -2.35. The molecule has 2 heterocycles. The van der Waals surface area contributed by atoms with Crippen molar-refractivity contribution in [1.82, 2.24) is 14.4 Å². The number of piperazine rings is 1. The highest BCUT2D eigenvalue weighted by Gasteiger charge is 2.31. The van der Waals surface area contributed by atoms with Crippen LogP contribution in [-0.4, -0.2) is 49.0 Å². The number of anilines is 1. The summed E-state index contributed by atoms with van der Waals surface area (Å²) in [5, 5.41) is 4.74. The number of rotatable bonds is 5. The van der Waals surface area contributed by atoms with E-state index >= 15 is 0 Å². The normalized spacial score (nSPS) is 14.9. The molecule has 5 rings (SSSR count). The zero-order valence-corrected chi connectivity index (χ0v) is 20.1. The van der Waals surface area contributed by atoms with Gasteiger partial charge in [-0.25, -0.2) is 8.42 Å². The Labute approximate surface area is 203 Å². The SMILES string of the molecule is Cc1ccc(-c2noc(-c3ccccc3S(=O)(=O)N3CCN(c4ccc(Cl)cc4)CC3)n2)cc1. The first kappa shape index (κ1) is 22.6. The Morgan fingerprint density at radius 3 is 2.26 bits per heavy atom. The molecule has 7 nitrogen and oxygen atoms in total. The van der Waals surface area contributed by atoms with Crippen molar-refractivity contribution in [1.29, 1.82) is 0 Å². The monoisotopic (exact) mass is 494 g/mol. The second-order valence-corrected chi connectivity index (χ2v) is 10.5. The van der Waals surface area contributed by atoms with Gasteiger partial charge >= 0.3 is 0 Å². The molecule has 3 aromatic carbocycles. The number of hydrogen-bond acceptors (Lipinski definition) is 6. The Morgan fingerprint density at radius 1 is 0.882 bits per heavy atom. The molecule has 1 saturated heterocycles. The molecule has 0 saturated carbocycles. The first-order valence-electron chi connectivity index (χ1n) is 10.9.